The summed E-state index contributed by atoms with van der Waals surface area (Å²) in [6.07, 6.45) is -1.11. The molecule has 1 aliphatic rings. The Labute approximate surface area is 197 Å². The molecule has 1 aliphatic heterocycles. The number of ether oxygens (including phenoxy) is 3. The van der Waals surface area contributed by atoms with Crippen molar-refractivity contribution in [2.75, 3.05) is 19.9 Å². The van der Waals surface area contributed by atoms with Gasteiger partial charge in [-0.2, -0.15) is 4.31 Å². The van der Waals surface area contributed by atoms with Crippen LogP contribution < -0.4 is 14.8 Å². The summed E-state index contributed by atoms with van der Waals surface area (Å²) in [6.45, 7) is 5.70. The third-order valence-corrected chi connectivity index (χ3v) is 7.58. The number of nitrogens with one attached hydrogen (secondary N) is 1. The highest BCUT2D eigenvalue weighted by Gasteiger charge is 2.27. The number of sulfonamides is 1. The van der Waals surface area contributed by atoms with Gasteiger partial charge in [0, 0.05) is 19.6 Å². The molecule has 0 bridgehead atoms. The number of hydrogen-bond donors (Lipinski definition) is 1. The van der Waals surface area contributed by atoms with Gasteiger partial charge in [-0.1, -0.05) is 31.5 Å². The Morgan fingerprint density at radius 1 is 1.12 bits per heavy atom. The first-order chi connectivity index (χ1) is 15.7. The van der Waals surface area contributed by atoms with Gasteiger partial charge in [0.2, 0.25) is 16.8 Å². The van der Waals surface area contributed by atoms with E-state index in [0.29, 0.717) is 11.5 Å². The normalized spacial score (nSPS) is 13.6. The summed E-state index contributed by atoms with van der Waals surface area (Å²) < 4.78 is 42.7. The van der Waals surface area contributed by atoms with Crippen molar-refractivity contribution in [3.63, 3.8) is 0 Å². The van der Waals surface area contributed by atoms with Crippen molar-refractivity contribution in [1.29, 1.82) is 0 Å². The van der Waals surface area contributed by atoms with E-state index < -0.39 is 28.0 Å². The molecule has 3 rings (SSSR count). The van der Waals surface area contributed by atoms with Crippen molar-refractivity contribution in [1.82, 2.24) is 9.62 Å². The van der Waals surface area contributed by atoms with Crippen LogP contribution in [0.15, 0.2) is 41.3 Å². The average molecular weight is 497 g/mol. The van der Waals surface area contributed by atoms with Gasteiger partial charge in [0.25, 0.3) is 5.91 Å². The Morgan fingerprint density at radius 3 is 2.52 bits per heavy atom. The van der Waals surface area contributed by atoms with Crippen molar-refractivity contribution >= 4 is 33.5 Å². The number of rotatable bonds is 9. The Bertz CT molecular complexity index is 1150. The standard InChI is InChI=1S/C22H25ClN2O7S/c1-4-25(5-2)33(28,29)20-11-16(7-8-17(20)23)22(27)32-14(3)21(26)24-12-15-6-9-18-19(10-15)31-13-30-18/h6-11,14H,4-5,12-13H2,1-3H3,(H,24,26). The highest BCUT2D eigenvalue weighted by Crippen LogP contribution is 2.32. The maximum atomic E-state index is 12.8. The van der Waals surface area contributed by atoms with E-state index in [1.165, 1.54) is 23.4 Å². The van der Waals surface area contributed by atoms with Crippen LogP contribution in [0.3, 0.4) is 0 Å². The molecule has 178 valence electrons. The van der Waals surface area contributed by atoms with Crippen molar-refractivity contribution in [2.24, 2.45) is 0 Å². The summed E-state index contributed by atoms with van der Waals surface area (Å²) in [4.78, 5) is 24.8. The van der Waals surface area contributed by atoms with Gasteiger partial charge in [-0.15, -0.1) is 0 Å². The molecule has 0 saturated carbocycles. The number of carbonyl (C=O) groups excluding carboxylic acids is 2. The highest BCUT2D eigenvalue weighted by atomic mass is 35.5. The molecule has 0 aromatic heterocycles. The molecule has 1 atom stereocenters. The number of amides is 1. The highest BCUT2D eigenvalue weighted by molar-refractivity contribution is 7.89. The largest absolute Gasteiger partial charge is 0.454 e. The number of halogens is 1. The van der Waals surface area contributed by atoms with Crippen LogP contribution in [0.25, 0.3) is 0 Å². The third kappa shape index (κ3) is 5.58. The maximum absolute atomic E-state index is 12.8. The number of fused-ring (bicyclic) bond motifs is 1. The van der Waals surface area contributed by atoms with Crippen LogP contribution in [0.5, 0.6) is 11.5 Å². The molecule has 9 nitrogen and oxygen atoms in total. The molecule has 0 saturated heterocycles. The van der Waals surface area contributed by atoms with Crippen LogP contribution in [0, 0.1) is 0 Å². The lowest BCUT2D eigenvalue weighted by Gasteiger charge is -2.20. The molecule has 2 aromatic carbocycles. The Balaban J connectivity index is 1.65. The molecular formula is C22H25ClN2O7S. The molecule has 33 heavy (non-hydrogen) atoms. The summed E-state index contributed by atoms with van der Waals surface area (Å²) in [7, 11) is -3.88. The molecule has 0 fully saturated rings. The molecule has 1 unspecified atom stereocenters. The van der Waals surface area contributed by atoms with Crippen molar-refractivity contribution < 1.29 is 32.2 Å². The topological polar surface area (TPSA) is 111 Å². The van der Waals surface area contributed by atoms with Gasteiger partial charge < -0.3 is 19.5 Å². The van der Waals surface area contributed by atoms with Gasteiger partial charge >= 0.3 is 5.97 Å². The van der Waals surface area contributed by atoms with E-state index in [-0.39, 0.29) is 41.9 Å². The van der Waals surface area contributed by atoms with Gasteiger partial charge in [-0.05, 0) is 42.8 Å². The maximum Gasteiger partial charge on any atom is 0.338 e. The van der Waals surface area contributed by atoms with Gasteiger partial charge in [0.05, 0.1) is 10.6 Å². The van der Waals surface area contributed by atoms with Crippen molar-refractivity contribution in [3.8, 4) is 11.5 Å². The Morgan fingerprint density at radius 2 is 1.82 bits per heavy atom. The van der Waals surface area contributed by atoms with Crippen LogP contribution >= 0.6 is 11.6 Å². The van der Waals surface area contributed by atoms with Crippen molar-refractivity contribution in [2.45, 2.75) is 38.3 Å². The second-order valence-corrected chi connectivity index (χ2v) is 9.50. The lowest BCUT2D eigenvalue weighted by atomic mass is 10.2. The first-order valence-electron chi connectivity index (χ1n) is 10.3. The van der Waals surface area contributed by atoms with E-state index in [1.54, 1.807) is 32.0 Å². The van der Waals surface area contributed by atoms with Gasteiger partial charge in [0.1, 0.15) is 4.90 Å². The van der Waals surface area contributed by atoms with Crippen LogP contribution in [0.2, 0.25) is 5.02 Å². The summed E-state index contributed by atoms with van der Waals surface area (Å²) in [5.74, 6) is -0.114. The zero-order valence-electron chi connectivity index (χ0n) is 18.5. The molecule has 1 amide bonds. The fraction of sp³-hybridized carbons (Fsp3) is 0.364. The van der Waals surface area contributed by atoms with Crippen molar-refractivity contribution in [3.05, 3.63) is 52.5 Å². The molecule has 1 N–H and O–H groups in total. The number of benzene rings is 2. The first kappa shape index (κ1) is 24.8. The van der Waals surface area contributed by atoms with Crippen LogP contribution in [0.1, 0.15) is 36.7 Å². The predicted octanol–water partition coefficient (Wildman–Crippen LogP) is 2.96. The van der Waals surface area contributed by atoms with Gasteiger partial charge in [-0.25, -0.2) is 13.2 Å². The Kier molecular flexibility index (Phi) is 7.83. The van der Waals surface area contributed by atoms with Gasteiger partial charge in [-0.3, -0.25) is 4.79 Å². The zero-order chi connectivity index (χ0) is 24.2. The summed E-state index contributed by atoms with van der Waals surface area (Å²) in [6, 6.07) is 9.12. The van der Waals surface area contributed by atoms with Crippen LogP contribution in [-0.4, -0.2) is 50.6 Å². The second-order valence-electron chi connectivity index (χ2n) is 7.19. The van der Waals surface area contributed by atoms with E-state index >= 15 is 0 Å². The lowest BCUT2D eigenvalue weighted by molar-refractivity contribution is -0.129. The third-order valence-electron chi connectivity index (χ3n) is 5.05. The van der Waals surface area contributed by atoms with E-state index in [0.717, 1.165) is 11.6 Å². The monoisotopic (exact) mass is 496 g/mol. The molecular weight excluding hydrogens is 472 g/mol. The minimum absolute atomic E-state index is 0.00651. The number of hydrogen-bond acceptors (Lipinski definition) is 7. The Hall–Kier alpha value is -2.82. The van der Waals surface area contributed by atoms with E-state index in [9.17, 15) is 18.0 Å². The first-order valence-corrected chi connectivity index (χ1v) is 12.2. The minimum Gasteiger partial charge on any atom is -0.454 e. The smallest absolute Gasteiger partial charge is 0.338 e. The van der Waals surface area contributed by atoms with Crippen LogP contribution in [-0.2, 0) is 26.1 Å². The lowest BCUT2D eigenvalue weighted by Crippen LogP contribution is -2.35. The second kappa shape index (κ2) is 10.4. The predicted molar refractivity (Wildman–Crippen MR) is 121 cm³/mol. The molecule has 0 aliphatic carbocycles. The molecule has 0 spiro atoms. The number of nitrogens with zero attached hydrogens (tertiary/aromatic N) is 1. The fourth-order valence-corrected chi connectivity index (χ4v) is 5.15. The number of carbonyl (C=O) groups is 2. The fourth-order valence-electron chi connectivity index (χ4n) is 3.20. The zero-order valence-corrected chi connectivity index (χ0v) is 20.0. The quantitative estimate of drug-likeness (QED) is 0.531. The van der Waals surface area contributed by atoms with E-state index in [1.807, 2.05) is 0 Å². The number of esters is 1. The van der Waals surface area contributed by atoms with Crippen LogP contribution in [0.4, 0.5) is 0 Å². The SMILES string of the molecule is CCN(CC)S(=O)(=O)c1cc(C(=O)OC(C)C(=O)NCc2ccc3c(c2)OCO3)ccc1Cl. The summed E-state index contributed by atoms with van der Waals surface area (Å²) >= 11 is 6.10. The minimum atomic E-state index is -3.88. The summed E-state index contributed by atoms with van der Waals surface area (Å²) in [5, 5.41) is 2.68. The van der Waals surface area contributed by atoms with E-state index in [2.05, 4.69) is 5.32 Å². The average Bonchev–Trinajstić information content (AvgIpc) is 3.26. The molecule has 1 heterocycles. The summed E-state index contributed by atoms with van der Waals surface area (Å²) in [5.41, 5.74) is 0.760. The van der Waals surface area contributed by atoms with E-state index in [4.69, 9.17) is 25.8 Å². The molecule has 0 radical (unpaired) electrons. The molecule has 11 heteroatoms. The van der Waals surface area contributed by atoms with Gasteiger partial charge in [0.15, 0.2) is 17.6 Å². The molecule has 2 aromatic rings.